The van der Waals surface area contributed by atoms with Crippen molar-refractivity contribution in [3.8, 4) is 12.0 Å². The second-order valence-corrected chi connectivity index (χ2v) is 4.97. The van der Waals surface area contributed by atoms with Crippen LogP contribution in [0.15, 0.2) is 0 Å². The van der Waals surface area contributed by atoms with Crippen LogP contribution < -0.4 is 9.47 Å². The molecule has 0 aromatic carbocycles. The molecule has 0 radical (unpaired) electrons. The minimum absolute atomic E-state index is 0.0179. The Morgan fingerprint density at radius 2 is 0.870 bits per heavy atom. The fraction of sp³-hybridized carbons (Fsp3) is 0.400. The molecule has 2 rings (SSSR count). The van der Waals surface area contributed by atoms with Crippen molar-refractivity contribution in [3.05, 3.63) is 21.1 Å². The predicted molar refractivity (Wildman–Crippen MR) is 81.5 cm³/mol. The van der Waals surface area contributed by atoms with Crippen molar-refractivity contribution in [2.75, 3.05) is 26.4 Å². The molecule has 0 aliphatic rings. The molecule has 0 bridgehead atoms. The molecule has 0 N–H and O–H groups in total. The third kappa shape index (κ3) is 6.80. The van der Waals surface area contributed by atoms with Gasteiger partial charge in [-0.2, -0.15) is 29.9 Å². The number of hydrogen-bond acceptors (Lipinski definition) is 9. The molecular weight excluding hydrogens is 394 g/mol. The molecule has 124 valence electrons. The molecule has 2 aromatic rings. The van der Waals surface area contributed by atoms with E-state index >= 15 is 0 Å². The van der Waals surface area contributed by atoms with Gasteiger partial charge >= 0.3 is 12.0 Å². The first-order valence-corrected chi connectivity index (χ1v) is 7.51. The van der Waals surface area contributed by atoms with E-state index in [1.165, 1.54) is 0 Å². The Kier molecular flexibility index (Phi) is 7.18. The van der Waals surface area contributed by atoms with E-state index in [0.29, 0.717) is 0 Å². The van der Waals surface area contributed by atoms with Crippen LogP contribution in [0.25, 0.3) is 0 Å². The van der Waals surface area contributed by atoms with Crippen LogP contribution in [0.2, 0.25) is 21.1 Å². The van der Waals surface area contributed by atoms with Crippen LogP contribution >= 0.6 is 46.4 Å². The van der Waals surface area contributed by atoms with Crippen molar-refractivity contribution in [1.82, 2.24) is 29.9 Å². The first-order chi connectivity index (χ1) is 11.0. The van der Waals surface area contributed by atoms with Gasteiger partial charge in [0.2, 0.25) is 21.1 Å². The summed E-state index contributed by atoms with van der Waals surface area (Å²) in [5.41, 5.74) is 0. The van der Waals surface area contributed by atoms with Crippen molar-refractivity contribution in [3.63, 3.8) is 0 Å². The summed E-state index contributed by atoms with van der Waals surface area (Å²) in [5, 5.41) is -0.207. The van der Waals surface area contributed by atoms with E-state index in [0.717, 1.165) is 0 Å². The Labute approximate surface area is 150 Å². The molecule has 0 saturated carbocycles. The molecular formula is C10H8Cl4N6O3. The van der Waals surface area contributed by atoms with Crippen molar-refractivity contribution >= 4 is 46.4 Å². The Morgan fingerprint density at radius 1 is 0.522 bits per heavy atom. The van der Waals surface area contributed by atoms with Crippen molar-refractivity contribution < 1.29 is 14.2 Å². The number of hydrogen-bond donors (Lipinski definition) is 0. The topological polar surface area (TPSA) is 105 Å². The largest absolute Gasteiger partial charge is 0.461 e. The maximum absolute atomic E-state index is 5.60. The SMILES string of the molecule is Clc1nc(Cl)nc(OCCOCCOc2nc(Cl)nc(Cl)n2)n1. The van der Waals surface area contributed by atoms with Gasteiger partial charge in [0, 0.05) is 0 Å². The first-order valence-electron chi connectivity index (χ1n) is 6.00. The number of aromatic nitrogens is 6. The molecule has 9 nitrogen and oxygen atoms in total. The number of rotatable bonds is 8. The third-order valence-electron chi connectivity index (χ3n) is 2.04. The van der Waals surface area contributed by atoms with Crippen LogP contribution in [-0.2, 0) is 4.74 Å². The van der Waals surface area contributed by atoms with Crippen LogP contribution in [0.4, 0.5) is 0 Å². The summed E-state index contributed by atoms with van der Waals surface area (Å²) < 4.78 is 15.7. The van der Waals surface area contributed by atoms with Gasteiger partial charge in [-0.05, 0) is 46.4 Å². The number of ether oxygens (including phenoxy) is 3. The molecule has 0 fully saturated rings. The highest BCUT2D eigenvalue weighted by Crippen LogP contribution is 2.12. The lowest BCUT2D eigenvalue weighted by Gasteiger charge is -2.07. The quantitative estimate of drug-likeness (QED) is 0.615. The maximum atomic E-state index is 5.60. The lowest BCUT2D eigenvalue weighted by molar-refractivity contribution is 0.0717. The van der Waals surface area contributed by atoms with Gasteiger partial charge in [-0.3, -0.25) is 0 Å². The van der Waals surface area contributed by atoms with E-state index in [4.69, 9.17) is 60.6 Å². The second-order valence-electron chi connectivity index (χ2n) is 3.62. The summed E-state index contributed by atoms with van der Waals surface area (Å²) in [6.45, 7) is 0.923. The Morgan fingerprint density at radius 3 is 1.22 bits per heavy atom. The normalized spacial score (nSPS) is 10.6. The minimum Gasteiger partial charge on any atom is -0.461 e. The van der Waals surface area contributed by atoms with Gasteiger partial charge in [0.05, 0.1) is 13.2 Å². The van der Waals surface area contributed by atoms with Crippen molar-refractivity contribution in [2.24, 2.45) is 0 Å². The minimum atomic E-state index is -0.0519. The average molecular weight is 402 g/mol. The molecule has 23 heavy (non-hydrogen) atoms. The van der Waals surface area contributed by atoms with E-state index in [9.17, 15) is 0 Å². The molecule has 0 aliphatic carbocycles. The zero-order valence-corrected chi connectivity index (χ0v) is 14.3. The van der Waals surface area contributed by atoms with Crippen LogP contribution in [-0.4, -0.2) is 56.3 Å². The summed E-state index contributed by atoms with van der Waals surface area (Å²) in [5.74, 6) is 0. The Balaban J connectivity index is 1.60. The molecule has 0 amide bonds. The van der Waals surface area contributed by atoms with Crippen LogP contribution in [0.3, 0.4) is 0 Å². The summed E-state index contributed by atoms with van der Waals surface area (Å²) >= 11 is 22.4. The van der Waals surface area contributed by atoms with E-state index in [1.54, 1.807) is 0 Å². The maximum Gasteiger partial charge on any atom is 0.322 e. The van der Waals surface area contributed by atoms with Gasteiger partial charge in [0.25, 0.3) is 0 Å². The third-order valence-corrected chi connectivity index (χ3v) is 2.71. The Bertz CT molecular complexity index is 568. The summed E-state index contributed by atoms with van der Waals surface area (Å²) in [6.07, 6.45) is 0. The summed E-state index contributed by atoms with van der Waals surface area (Å²) in [6, 6.07) is 0.0358. The van der Waals surface area contributed by atoms with E-state index < -0.39 is 0 Å². The highest BCUT2D eigenvalue weighted by atomic mass is 35.5. The lowest BCUT2D eigenvalue weighted by Crippen LogP contribution is -2.14. The highest BCUT2D eigenvalue weighted by Gasteiger charge is 2.05. The second kappa shape index (κ2) is 9.14. The highest BCUT2D eigenvalue weighted by molar-refractivity contribution is 6.31. The molecule has 0 spiro atoms. The molecule has 0 unspecified atom stereocenters. The fourth-order valence-corrected chi connectivity index (χ4v) is 1.93. The van der Waals surface area contributed by atoms with Gasteiger partial charge in [-0.25, -0.2) is 0 Å². The predicted octanol–water partition coefficient (Wildman–Crippen LogP) is 2.14. The monoisotopic (exact) mass is 400 g/mol. The first kappa shape index (κ1) is 18.1. The number of halogens is 4. The van der Waals surface area contributed by atoms with Gasteiger partial charge in [0.1, 0.15) is 13.2 Å². The molecule has 0 atom stereocenters. The fourth-order valence-electron chi connectivity index (χ4n) is 1.23. The van der Waals surface area contributed by atoms with Gasteiger partial charge in [-0.1, -0.05) is 0 Å². The van der Waals surface area contributed by atoms with E-state index in [-0.39, 0.29) is 59.6 Å². The van der Waals surface area contributed by atoms with E-state index in [2.05, 4.69) is 29.9 Å². The zero-order valence-electron chi connectivity index (χ0n) is 11.2. The standard InChI is InChI=1S/C10H8Cl4N6O3/c11-5-15-6(12)18-9(17-5)22-3-1-21-2-4-23-10-19-7(13)16-8(14)20-10/h1-4H2. The van der Waals surface area contributed by atoms with Crippen LogP contribution in [0.5, 0.6) is 12.0 Å². The van der Waals surface area contributed by atoms with Crippen molar-refractivity contribution in [2.45, 2.75) is 0 Å². The zero-order chi connectivity index (χ0) is 16.7. The summed E-state index contributed by atoms with van der Waals surface area (Å²) in [7, 11) is 0. The van der Waals surface area contributed by atoms with Crippen LogP contribution in [0.1, 0.15) is 0 Å². The van der Waals surface area contributed by atoms with E-state index in [1.807, 2.05) is 0 Å². The molecule has 2 aromatic heterocycles. The van der Waals surface area contributed by atoms with Crippen molar-refractivity contribution in [1.29, 1.82) is 0 Å². The molecule has 0 aliphatic heterocycles. The smallest absolute Gasteiger partial charge is 0.322 e. The van der Waals surface area contributed by atoms with Gasteiger partial charge in [0.15, 0.2) is 0 Å². The molecule has 13 heteroatoms. The molecule has 2 heterocycles. The van der Waals surface area contributed by atoms with Crippen LogP contribution in [0, 0.1) is 0 Å². The summed E-state index contributed by atoms with van der Waals surface area (Å²) in [4.78, 5) is 22.1. The lowest BCUT2D eigenvalue weighted by atomic mass is 10.7. The average Bonchev–Trinajstić information content (AvgIpc) is 2.44. The van der Waals surface area contributed by atoms with Gasteiger partial charge < -0.3 is 14.2 Å². The van der Waals surface area contributed by atoms with Gasteiger partial charge in [-0.15, -0.1) is 0 Å². The molecule has 0 saturated heterocycles. The Hall–Kier alpha value is -1.26. The number of nitrogens with zero attached hydrogens (tertiary/aromatic N) is 6.